The summed E-state index contributed by atoms with van der Waals surface area (Å²) in [6.07, 6.45) is 1.19. The molecule has 1 atom stereocenters. The molecular formula is C17H21N3O3. The second-order valence-corrected chi connectivity index (χ2v) is 6.85. The Balaban J connectivity index is 1.83. The molecule has 0 bridgehead atoms. The van der Waals surface area contributed by atoms with Crippen LogP contribution in [0.3, 0.4) is 0 Å². The number of carbonyl (C=O) groups is 1. The second kappa shape index (κ2) is 5.38. The minimum atomic E-state index is -0.530. The third-order valence-electron chi connectivity index (χ3n) is 4.51. The molecule has 1 saturated heterocycles. The summed E-state index contributed by atoms with van der Waals surface area (Å²) >= 11 is 0. The molecule has 1 aliphatic heterocycles. The highest BCUT2D eigenvalue weighted by Crippen LogP contribution is 2.29. The molecule has 1 aromatic carbocycles. The Bertz CT molecular complexity index is 825. The van der Waals surface area contributed by atoms with Crippen molar-refractivity contribution < 1.29 is 9.90 Å². The van der Waals surface area contributed by atoms with E-state index in [2.05, 4.69) is 5.32 Å². The molecule has 0 aliphatic carbocycles. The highest BCUT2D eigenvalue weighted by atomic mass is 16.3. The van der Waals surface area contributed by atoms with E-state index < -0.39 is 6.10 Å². The lowest BCUT2D eigenvalue weighted by molar-refractivity contribution is 0.0957. The van der Waals surface area contributed by atoms with Crippen molar-refractivity contribution in [2.45, 2.75) is 20.0 Å². The monoisotopic (exact) mass is 315 g/mol. The number of rotatable bonds is 1. The van der Waals surface area contributed by atoms with Crippen molar-refractivity contribution >= 4 is 22.5 Å². The minimum Gasteiger partial charge on any atom is -0.391 e. The van der Waals surface area contributed by atoms with E-state index in [1.807, 2.05) is 26.0 Å². The van der Waals surface area contributed by atoms with Crippen LogP contribution in [0.1, 0.15) is 13.8 Å². The summed E-state index contributed by atoms with van der Waals surface area (Å²) in [6.45, 7) is 4.68. The first-order valence-electron chi connectivity index (χ1n) is 7.61. The number of fused-ring (bicyclic) bond motifs is 1. The standard InChI is InChI=1S/C17H21N3O3/c1-17(2)10-20(9-14(17)21)16(23)18-12-5-4-11-6-7-19(3)15(22)13(11)8-12/h4-8,14,21H,9-10H2,1-3H3,(H,18,23). The predicted molar refractivity (Wildman–Crippen MR) is 89.6 cm³/mol. The van der Waals surface area contributed by atoms with Crippen LogP contribution in [0.25, 0.3) is 10.8 Å². The van der Waals surface area contributed by atoms with Crippen LogP contribution in [0.5, 0.6) is 0 Å². The first-order valence-corrected chi connectivity index (χ1v) is 7.61. The number of nitrogens with one attached hydrogen (secondary N) is 1. The molecule has 6 heteroatoms. The van der Waals surface area contributed by atoms with Crippen LogP contribution < -0.4 is 10.9 Å². The number of hydrogen-bond acceptors (Lipinski definition) is 3. The van der Waals surface area contributed by atoms with Gasteiger partial charge in [0.05, 0.1) is 6.10 Å². The maximum absolute atomic E-state index is 12.4. The Kier molecular flexibility index (Phi) is 3.64. The molecule has 2 N–H and O–H groups in total. The van der Waals surface area contributed by atoms with Crippen molar-refractivity contribution in [3.63, 3.8) is 0 Å². The highest BCUT2D eigenvalue weighted by molar-refractivity contribution is 5.93. The number of amides is 2. The number of urea groups is 1. The molecule has 1 unspecified atom stereocenters. The van der Waals surface area contributed by atoms with Gasteiger partial charge in [0.2, 0.25) is 0 Å². The van der Waals surface area contributed by atoms with Gasteiger partial charge in [-0.1, -0.05) is 19.9 Å². The van der Waals surface area contributed by atoms with Crippen LogP contribution in [0.15, 0.2) is 35.3 Å². The van der Waals surface area contributed by atoms with Crippen molar-refractivity contribution in [3.05, 3.63) is 40.8 Å². The first-order chi connectivity index (χ1) is 10.8. The van der Waals surface area contributed by atoms with E-state index in [1.54, 1.807) is 30.3 Å². The Morgan fingerprint density at radius 1 is 1.35 bits per heavy atom. The van der Waals surface area contributed by atoms with Crippen molar-refractivity contribution in [1.82, 2.24) is 9.47 Å². The summed E-state index contributed by atoms with van der Waals surface area (Å²) in [6, 6.07) is 6.88. The molecule has 2 aromatic rings. The highest BCUT2D eigenvalue weighted by Gasteiger charge is 2.40. The molecule has 122 valence electrons. The van der Waals surface area contributed by atoms with Crippen molar-refractivity contribution in [1.29, 1.82) is 0 Å². The number of hydrogen-bond donors (Lipinski definition) is 2. The van der Waals surface area contributed by atoms with Gasteiger partial charge in [-0.15, -0.1) is 0 Å². The average molecular weight is 315 g/mol. The zero-order valence-electron chi connectivity index (χ0n) is 13.5. The van der Waals surface area contributed by atoms with E-state index in [-0.39, 0.29) is 17.0 Å². The maximum Gasteiger partial charge on any atom is 0.321 e. The normalized spacial score (nSPS) is 20.0. The summed E-state index contributed by atoms with van der Waals surface area (Å²) in [7, 11) is 1.70. The van der Waals surface area contributed by atoms with Crippen molar-refractivity contribution in [2.75, 3.05) is 18.4 Å². The van der Waals surface area contributed by atoms with E-state index in [0.717, 1.165) is 5.39 Å². The van der Waals surface area contributed by atoms with Crippen LogP contribution in [-0.4, -0.2) is 39.8 Å². The number of likely N-dealkylation sites (tertiary alicyclic amines) is 1. The van der Waals surface area contributed by atoms with Gasteiger partial charge in [0.1, 0.15) is 0 Å². The van der Waals surface area contributed by atoms with Crippen molar-refractivity contribution in [2.24, 2.45) is 12.5 Å². The fourth-order valence-corrected chi connectivity index (χ4v) is 2.89. The van der Waals surface area contributed by atoms with Crippen LogP contribution >= 0.6 is 0 Å². The summed E-state index contributed by atoms with van der Waals surface area (Å²) in [5.41, 5.74) is 0.165. The van der Waals surface area contributed by atoms with E-state index >= 15 is 0 Å². The van der Waals surface area contributed by atoms with E-state index in [1.165, 1.54) is 4.57 Å². The zero-order valence-corrected chi connectivity index (χ0v) is 13.5. The van der Waals surface area contributed by atoms with Gasteiger partial charge in [-0.2, -0.15) is 0 Å². The van der Waals surface area contributed by atoms with Crippen LogP contribution in [0.2, 0.25) is 0 Å². The number of aryl methyl sites for hydroxylation is 1. The molecule has 6 nitrogen and oxygen atoms in total. The summed E-state index contributed by atoms with van der Waals surface area (Å²) in [4.78, 5) is 26.1. The smallest absolute Gasteiger partial charge is 0.321 e. The Morgan fingerprint density at radius 2 is 2.09 bits per heavy atom. The van der Waals surface area contributed by atoms with Gasteiger partial charge in [0.25, 0.3) is 5.56 Å². The van der Waals surface area contributed by atoms with Gasteiger partial charge in [-0.05, 0) is 23.6 Å². The van der Waals surface area contributed by atoms with E-state index in [0.29, 0.717) is 24.2 Å². The number of anilines is 1. The maximum atomic E-state index is 12.4. The second-order valence-electron chi connectivity index (χ2n) is 6.85. The third kappa shape index (κ3) is 2.82. The number of benzene rings is 1. The quantitative estimate of drug-likeness (QED) is 0.842. The van der Waals surface area contributed by atoms with Gasteiger partial charge in [-0.3, -0.25) is 4.79 Å². The molecule has 3 rings (SSSR count). The molecule has 23 heavy (non-hydrogen) atoms. The molecule has 2 amide bonds. The molecule has 1 aliphatic rings. The minimum absolute atomic E-state index is 0.101. The van der Waals surface area contributed by atoms with Gasteiger partial charge in [0, 0.05) is 42.8 Å². The van der Waals surface area contributed by atoms with Crippen LogP contribution in [0.4, 0.5) is 10.5 Å². The summed E-state index contributed by atoms with van der Waals surface area (Å²) in [5.74, 6) is 0. The number of carbonyl (C=O) groups excluding carboxylic acids is 1. The molecule has 0 spiro atoms. The number of aliphatic hydroxyl groups excluding tert-OH is 1. The molecule has 2 heterocycles. The topological polar surface area (TPSA) is 74.6 Å². The van der Waals surface area contributed by atoms with Crippen molar-refractivity contribution in [3.8, 4) is 0 Å². The Labute approximate surface area is 134 Å². The number of nitrogens with zero attached hydrogens (tertiary/aromatic N) is 2. The van der Waals surface area contributed by atoms with Crippen LogP contribution in [0, 0.1) is 5.41 Å². The number of aromatic nitrogens is 1. The summed E-state index contributed by atoms with van der Waals surface area (Å²) in [5, 5.41) is 14.2. The van der Waals surface area contributed by atoms with Gasteiger partial charge in [0.15, 0.2) is 0 Å². The fourth-order valence-electron chi connectivity index (χ4n) is 2.89. The molecule has 1 aromatic heterocycles. The summed E-state index contributed by atoms with van der Waals surface area (Å²) < 4.78 is 1.51. The van der Waals surface area contributed by atoms with Gasteiger partial charge >= 0.3 is 6.03 Å². The number of aliphatic hydroxyl groups is 1. The lowest BCUT2D eigenvalue weighted by Gasteiger charge is -2.21. The lowest BCUT2D eigenvalue weighted by atomic mass is 9.90. The molecular weight excluding hydrogens is 294 g/mol. The first kappa shape index (κ1) is 15.6. The molecule has 1 fully saturated rings. The Hall–Kier alpha value is -2.34. The SMILES string of the molecule is Cn1ccc2ccc(NC(=O)N3CC(O)C(C)(C)C3)cc2c1=O. The molecule has 0 radical (unpaired) electrons. The van der Waals surface area contributed by atoms with E-state index in [9.17, 15) is 14.7 Å². The van der Waals surface area contributed by atoms with E-state index in [4.69, 9.17) is 0 Å². The number of β-amino-alcohol motifs (C(OH)–C–C–N with tert-alkyl or cyclic N) is 1. The van der Waals surface area contributed by atoms with Gasteiger partial charge < -0.3 is 19.9 Å². The zero-order chi connectivity index (χ0) is 16.8. The fraction of sp³-hybridized carbons (Fsp3) is 0.412. The largest absolute Gasteiger partial charge is 0.391 e. The van der Waals surface area contributed by atoms with Gasteiger partial charge in [-0.25, -0.2) is 4.79 Å². The number of pyridine rings is 1. The van der Waals surface area contributed by atoms with Crippen LogP contribution in [-0.2, 0) is 7.05 Å². The third-order valence-corrected chi connectivity index (χ3v) is 4.51. The average Bonchev–Trinajstić information content (AvgIpc) is 2.77. The lowest BCUT2D eigenvalue weighted by Crippen LogP contribution is -2.34. The predicted octanol–water partition coefficient (Wildman–Crippen LogP) is 1.77. The Morgan fingerprint density at radius 3 is 2.74 bits per heavy atom. The molecule has 0 saturated carbocycles.